The van der Waals surface area contributed by atoms with Gasteiger partial charge in [0.25, 0.3) is 0 Å². The molecule has 0 spiro atoms. The highest BCUT2D eigenvalue weighted by Gasteiger charge is 0.932. The molecule has 2 heteroatoms. The summed E-state index contributed by atoms with van der Waals surface area (Å²) in [5.74, 6) is 0. The van der Waals surface area contributed by atoms with Gasteiger partial charge in [0.05, 0.1) is 0 Å². The average molecular weight is 83.6 g/mol. The van der Waals surface area contributed by atoms with E-state index in [0.717, 1.165) is 0 Å². The molecule has 0 amide bonds. The molecular formula is C2H10ClN. The Bertz CT molecular complexity index is 6.00. The molecule has 1 nitrogen and oxygen atoms in total. The van der Waals surface area contributed by atoms with Crippen molar-refractivity contribution < 1.29 is 0 Å². The largest absolute Gasteiger partial charge is 0.344 e. The Morgan fingerprint density at radius 1 is 1.00 bits per heavy atom. The first-order valence-corrected chi connectivity index (χ1v) is 1.00. The van der Waals surface area contributed by atoms with Crippen molar-refractivity contribution in [1.82, 2.24) is 6.15 Å². The highest BCUT2D eigenvalue weighted by atomic mass is 35.5. The van der Waals surface area contributed by atoms with Crippen molar-refractivity contribution in [1.29, 1.82) is 0 Å². The van der Waals surface area contributed by atoms with Gasteiger partial charge in [0.1, 0.15) is 0 Å². The lowest BCUT2D eigenvalue weighted by molar-refractivity contribution is 1.50. The summed E-state index contributed by atoms with van der Waals surface area (Å²) in [6.07, 6.45) is 0. The van der Waals surface area contributed by atoms with E-state index in [1.165, 1.54) is 0 Å². The molecule has 0 heterocycles. The number of hydrogen-bond acceptors (Lipinski definition) is 1. The first-order valence-electron chi connectivity index (χ1n) is 1.00. The van der Waals surface area contributed by atoms with Gasteiger partial charge < -0.3 is 6.15 Å². The zero-order chi connectivity index (χ0) is 2.00. The first kappa shape index (κ1) is 28.7. The maximum Gasteiger partial charge on any atom is -0.0683 e. The minimum atomic E-state index is 0. The molecule has 4 heavy (non-hydrogen) atoms. The second kappa shape index (κ2) is 263. The predicted octanol–water partition coefficient (Wildman–Crippen LogP) is 1.61. The minimum absolute atomic E-state index is 0. The summed E-state index contributed by atoms with van der Waals surface area (Å²) in [7, 11) is 0. The van der Waals surface area contributed by atoms with Gasteiger partial charge in [-0.1, -0.05) is 13.8 Å². The monoisotopic (exact) mass is 83.1 g/mol. The van der Waals surface area contributed by atoms with Gasteiger partial charge in [-0.3, -0.25) is 0 Å². The zero-order valence-corrected chi connectivity index (χ0v) is 3.93. The van der Waals surface area contributed by atoms with Crippen LogP contribution in [0.5, 0.6) is 0 Å². The van der Waals surface area contributed by atoms with Crippen molar-refractivity contribution in [2.75, 3.05) is 0 Å². The number of hydrogen-bond donors (Lipinski definition) is 1. The molecule has 3 N–H and O–H groups in total. The second-order valence-electron chi connectivity index (χ2n) is 0. The topological polar surface area (TPSA) is 35.0 Å². The Balaban J connectivity index is -0.00000000500. The smallest absolute Gasteiger partial charge is 0.0683 e. The van der Waals surface area contributed by atoms with E-state index in [2.05, 4.69) is 0 Å². The molecule has 30 valence electrons. The average Bonchev–Trinajstić information content (AvgIpc) is 1.00. The van der Waals surface area contributed by atoms with Crippen molar-refractivity contribution in [3.05, 3.63) is 0 Å². The molecule has 0 aliphatic heterocycles. The fourth-order valence-corrected chi connectivity index (χ4v) is 0. The van der Waals surface area contributed by atoms with Gasteiger partial charge in [0.2, 0.25) is 0 Å². The van der Waals surface area contributed by atoms with Crippen LogP contribution in [0.3, 0.4) is 0 Å². The molecule has 0 aliphatic rings. The van der Waals surface area contributed by atoms with Crippen molar-refractivity contribution in [3.8, 4) is 0 Å². The van der Waals surface area contributed by atoms with Crippen LogP contribution >= 0.6 is 12.4 Å². The van der Waals surface area contributed by atoms with Gasteiger partial charge in [-0.25, -0.2) is 0 Å². The Hall–Kier alpha value is 0.250. The number of halogens is 1. The van der Waals surface area contributed by atoms with Crippen LogP contribution in [0.15, 0.2) is 0 Å². The highest BCUT2D eigenvalue weighted by molar-refractivity contribution is 5.85. The maximum atomic E-state index is 2.00. The van der Waals surface area contributed by atoms with E-state index in [1.807, 2.05) is 13.8 Å². The Morgan fingerprint density at radius 2 is 1.00 bits per heavy atom. The molecule has 0 bridgehead atoms. The summed E-state index contributed by atoms with van der Waals surface area (Å²) in [6, 6.07) is 0. The van der Waals surface area contributed by atoms with E-state index in [1.54, 1.807) is 0 Å². The van der Waals surface area contributed by atoms with Crippen LogP contribution in [0, 0.1) is 0 Å². The van der Waals surface area contributed by atoms with Gasteiger partial charge >= 0.3 is 0 Å². The Morgan fingerprint density at radius 3 is 1.00 bits per heavy atom. The zero-order valence-electron chi connectivity index (χ0n) is 3.12. The lowest BCUT2D eigenvalue weighted by Crippen LogP contribution is -0.856. The molecule has 0 rings (SSSR count). The van der Waals surface area contributed by atoms with Crippen LogP contribution in [0.25, 0.3) is 0 Å². The van der Waals surface area contributed by atoms with Gasteiger partial charge in [0.15, 0.2) is 0 Å². The number of rotatable bonds is 0. The molecule has 0 aromatic carbocycles. The normalized spacial score (nSPS) is 1.50. The molecule has 0 aromatic heterocycles. The van der Waals surface area contributed by atoms with E-state index >= 15 is 0 Å². The Kier molecular flexibility index (Phi) is 1890. The van der Waals surface area contributed by atoms with E-state index in [0.29, 0.717) is 0 Å². The van der Waals surface area contributed by atoms with E-state index in [-0.39, 0.29) is 18.6 Å². The molecule has 0 unspecified atom stereocenters. The summed E-state index contributed by atoms with van der Waals surface area (Å²) >= 11 is 0. The van der Waals surface area contributed by atoms with Crippen LogP contribution in [0.4, 0.5) is 0 Å². The van der Waals surface area contributed by atoms with Crippen molar-refractivity contribution >= 4 is 12.4 Å². The lowest BCUT2D eigenvalue weighted by atomic mass is 11.0. The van der Waals surface area contributed by atoms with Crippen LogP contribution < -0.4 is 6.15 Å². The van der Waals surface area contributed by atoms with Gasteiger partial charge in [-0.2, -0.15) is 0 Å². The van der Waals surface area contributed by atoms with Crippen LogP contribution in [0.1, 0.15) is 13.8 Å². The molecule has 0 aliphatic carbocycles. The van der Waals surface area contributed by atoms with E-state index in [9.17, 15) is 0 Å². The summed E-state index contributed by atoms with van der Waals surface area (Å²) in [4.78, 5) is 0. The Labute approximate surface area is 33.4 Å². The summed E-state index contributed by atoms with van der Waals surface area (Å²) in [5.41, 5.74) is 0. The maximum absolute atomic E-state index is 2.00. The quantitative estimate of drug-likeness (QED) is 0.475. The molecule has 0 radical (unpaired) electrons. The fraction of sp³-hybridized carbons (Fsp3) is 1.00. The molecule has 0 aromatic rings. The lowest BCUT2D eigenvalue weighted by Gasteiger charge is -1.07. The van der Waals surface area contributed by atoms with Crippen molar-refractivity contribution in [2.24, 2.45) is 0 Å². The van der Waals surface area contributed by atoms with E-state index in [4.69, 9.17) is 0 Å². The highest BCUT2D eigenvalue weighted by Crippen LogP contribution is 1.14. The standard InChI is InChI=1S/C2H6.ClH.H3N/c1-2;;/h1-2H3;1H;1H3. The van der Waals surface area contributed by atoms with Crippen LogP contribution in [-0.2, 0) is 0 Å². The summed E-state index contributed by atoms with van der Waals surface area (Å²) in [5, 5.41) is 0. The summed E-state index contributed by atoms with van der Waals surface area (Å²) in [6.45, 7) is 4.00. The SMILES string of the molecule is CC.Cl.N. The van der Waals surface area contributed by atoms with Crippen molar-refractivity contribution in [3.63, 3.8) is 0 Å². The molecular weight excluding hydrogens is 73.5 g/mol. The third-order valence-corrected chi connectivity index (χ3v) is 0. The van der Waals surface area contributed by atoms with Crippen LogP contribution in [-0.4, -0.2) is 0 Å². The van der Waals surface area contributed by atoms with Crippen molar-refractivity contribution in [2.45, 2.75) is 13.8 Å². The van der Waals surface area contributed by atoms with E-state index < -0.39 is 0 Å². The predicted molar refractivity (Wildman–Crippen MR) is 23.6 cm³/mol. The van der Waals surface area contributed by atoms with Crippen LogP contribution in [0.2, 0.25) is 0 Å². The minimum Gasteiger partial charge on any atom is -0.344 e. The second-order valence-corrected chi connectivity index (χ2v) is 0. The molecule has 0 saturated heterocycles. The third kappa shape index (κ3) is 56.3. The molecule has 0 atom stereocenters. The third-order valence-electron chi connectivity index (χ3n) is 0. The fourth-order valence-electron chi connectivity index (χ4n) is 0. The van der Waals surface area contributed by atoms with Gasteiger partial charge in [-0.05, 0) is 0 Å². The van der Waals surface area contributed by atoms with Gasteiger partial charge in [0, 0.05) is 0 Å². The van der Waals surface area contributed by atoms with Gasteiger partial charge in [-0.15, -0.1) is 12.4 Å². The molecule has 0 fully saturated rings. The summed E-state index contributed by atoms with van der Waals surface area (Å²) < 4.78 is 0. The molecule has 0 saturated carbocycles. The first-order chi connectivity index (χ1) is 1.00.